The largest absolute Gasteiger partial charge is 0.461 e. The Kier molecular flexibility index (Phi) is 2.49. The van der Waals surface area contributed by atoms with Crippen LogP contribution in [-0.2, 0) is 0 Å². The van der Waals surface area contributed by atoms with Gasteiger partial charge in [-0.1, -0.05) is 23.4 Å². The molecule has 18 heavy (non-hydrogen) atoms. The molecule has 0 fully saturated rings. The number of rotatable bonds is 3. The van der Waals surface area contributed by atoms with Gasteiger partial charge in [0.1, 0.15) is 0 Å². The molecule has 0 aliphatic heterocycles. The Bertz CT molecular complexity index is 670. The quantitative estimate of drug-likeness (QED) is 0.658. The van der Waals surface area contributed by atoms with Gasteiger partial charge in [-0.2, -0.15) is 0 Å². The zero-order valence-electron chi connectivity index (χ0n) is 9.35. The smallest absolute Gasteiger partial charge is 0.186 e. The summed E-state index contributed by atoms with van der Waals surface area (Å²) in [5, 5.41) is 7.91. The molecule has 88 valence electrons. The minimum Gasteiger partial charge on any atom is -0.461 e. The van der Waals surface area contributed by atoms with Gasteiger partial charge in [0.25, 0.3) is 0 Å². The van der Waals surface area contributed by atoms with Crippen LogP contribution in [0.4, 0.5) is 0 Å². The zero-order valence-corrected chi connectivity index (χ0v) is 9.35. The summed E-state index contributed by atoms with van der Waals surface area (Å²) in [4.78, 5) is 10.9. The van der Waals surface area contributed by atoms with Gasteiger partial charge < -0.3 is 4.42 Å². The van der Waals surface area contributed by atoms with E-state index < -0.39 is 0 Å². The van der Waals surface area contributed by atoms with E-state index >= 15 is 0 Å². The Morgan fingerprint density at radius 2 is 2.00 bits per heavy atom. The van der Waals surface area contributed by atoms with Crippen molar-refractivity contribution in [2.75, 3.05) is 0 Å². The monoisotopic (exact) mass is 239 g/mol. The molecule has 3 aromatic rings. The van der Waals surface area contributed by atoms with Crippen LogP contribution in [0, 0.1) is 0 Å². The third-order valence-corrected chi connectivity index (χ3v) is 2.63. The molecular formula is C13H9N3O2. The molecule has 5 nitrogen and oxygen atoms in total. The highest BCUT2D eigenvalue weighted by Gasteiger charge is 2.14. The lowest BCUT2D eigenvalue weighted by atomic mass is 10.2. The molecule has 0 aliphatic carbocycles. The normalized spacial score (nSPS) is 10.4. The van der Waals surface area contributed by atoms with Gasteiger partial charge in [0.15, 0.2) is 12.0 Å². The minimum atomic E-state index is 0.273. The summed E-state index contributed by atoms with van der Waals surface area (Å²) in [5.41, 5.74) is 2.28. The minimum absolute atomic E-state index is 0.273. The van der Waals surface area contributed by atoms with Crippen LogP contribution in [0.2, 0.25) is 0 Å². The van der Waals surface area contributed by atoms with E-state index in [2.05, 4.69) is 10.3 Å². The number of aldehydes is 1. The van der Waals surface area contributed by atoms with Crippen molar-refractivity contribution in [3.63, 3.8) is 0 Å². The van der Waals surface area contributed by atoms with E-state index in [1.807, 2.05) is 30.3 Å². The molecule has 0 saturated heterocycles. The SMILES string of the molecule is O=Cc1occc1-c1cnnn1-c1ccccc1. The maximum Gasteiger partial charge on any atom is 0.186 e. The number of hydrogen-bond donors (Lipinski definition) is 0. The van der Waals surface area contributed by atoms with Crippen molar-refractivity contribution in [1.82, 2.24) is 15.0 Å². The summed E-state index contributed by atoms with van der Waals surface area (Å²) in [7, 11) is 0. The molecule has 0 spiro atoms. The topological polar surface area (TPSA) is 60.9 Å². The molecule has 5 heteroatoms. The predicted molar refractivity (Wildman–Crippen MR) is 64.4 cm³/mol. The molecular weight excluding hydrogens is 230 g/mol. The van der Waals surface area contributed by atoms with Crippen LogP contribution in [0.15, 0.2) is 53.3 Å². The number of carbonyl (C=O) groups excluding carboxylic acids is 1. The summed E-state index contributed by atoms with van der Waals surface area (Å²) < 4.78 is 6.76. The van der Waals surface area contributed by atoms with Crippen molar-refractivity contribution >= 4 is 6.29 Å². The van der Waals surface area contributed by atoms with Crippen LogP contribution >= 0.6 is 0 Å². The first-order valence-corrected chi connectivity index (χ1v) is 5.39. The van der Waals surface area contributed by atoms with Gasteiger partial charge >= 0.3 is 0 Å². The fraction of sp³-hybridized carbons (Fsp3) is 0. The molecule has 0 bridgehead atoms. The average Bonchev–Trinajstić information content (AvgIpc) is 3.07. The van der Waals surface area contributed by atoms with Crippen molar-refractivity contribution in [3.05, 3.63) is 54.6 Å². The summed E-state index contributed by atoms with van der Waals surface area (Å²) in [5.74, 6) is 0.273. The summed E-state index contributed by atoms with van der Waals surface area (Å²) in [6.07, 6.45) is 3.75. The highest BCUT2D eigenvalue weighted by atomic mass is 16.3. The van der Waals surface area contributed by atoms with E-state index in [1.54, 1.807) is 16.9 Å². The Morgan fingerprint density at radius 1 is 1.17 bits per heavy atom. The van der Waals surface area contributed by atoms with E-state index in [-0.39, 0.29) is 5.76 Å². The fourth-order valence-corrected chi connectivity index (χ4v) is 1.80. The lowest BCUT2D eigenvalue weighted by molar-refractivity contribution is 0.110. The van der Waals surface area contributed by atoms with Gasteiger partial charge in [-0.05, 0) is 18.2 Å². The lowest BCUT2D eigenvalue weighted by Gasteiger charge is -2.04. The zero-order chi connectivity index (χ0) is 12.4. The Hall–Kier alpha value is -2.69. The van der Waals surface area contributed by atoms with Gasteiger partial charge in [0.05, 0.1) is 29.4 Å². The van der Waals surface area contributed by atoms with E-state index in [0.29, 0.717) is 11.8 Å². The number of furan rings is 1. The molecule has 0 atom stereocenters. The molecule has 2 aromatic heterocycles. The molecule has 0 amide bonds. The molecule has 2 heterocycles. The Morgan fingerprint density at radius 3 is 2.78 bits per heavy atom. The lowest BCUT2D eigenvalue weighted by Crippen LogP contribution is -1.99. The number of carbonyl (C=O) groups is 1. The van der Waals surface area contributed by atoms with Gasteiger partial charge in [0.2, 0.25) is 0 Å². The number of para-hydroxylation sites is 1. The highest BCUT2D eigenvalue weighted by Crippen LogP contribution is 2.24. The van der Waals surface area contributed by atoms with Gasteiger partial charge in [-0.3, -0.25) is 4.79 Å². The van der Waals surface area contributed by atoms with Crippen molar-refractivity contribution in [2.45, 2.75) is 0 Å². The fourth-order valence-electron chi connectivity index (χ4n) is 1.80. The maximum atomic E-state index is 10.9. The van der Waals surface area contributed by atoms with E-state index in [9.17, 15) is 4.79 Å². The predicted octanol–water partition coefficient (Wildman–Crippen LogP) is 2.34. The van der Waals surface area contributed by atoms with Gasteiger partial charge in [-0.15, -0.1) is 5.10 Å². The van der Waals surface area contributed by atoms with Crippen molar-refractivity contribution in [3.8, 4) is 16.9 Å². The second kappa shape index (κ2) is 4.29. The van der Waals surface area contributed by atoms with E-state index in [1.165, 1.54) is 6.26 Å². The number of benzene rings is 1. The number of aromatic nitrogens is 3. The molecule has 3 rings (SSSR count). The van der Waals surface area contributed by atoms with Crippen LogP contribution in [0.3, 0.4) is 0 Å². The van der Waals surface area contributed by atoms with Gasteiger partial charge in [0, 0.05) is 0 Å². The molecule has 0 radical (unpaired) electrons. The third-order valence-electron chi connectivity index (χ3n) is 2.63. The van der Waals surface area contributed by atoms with E-state index in [4.69, 9.17) is 4.42 Å². The van der Waals surface area contributed by atoms with E-state index in [0.717, 1.165) is 11.4 Å². The summed E-state index contributed by atoms with van der Waals surface area (Å²) in [6, 6.07) is 11.3. The molecule has 1 aromatic carbocycles. The van der Waals surface area contributed by atoms with Crippen molar-refractivity contribution in [2.24, 2.45) is 0 Å². The van der Waals surface area contributed by atoms with Crippen LogP contribution in [0.1, 0.15) is 10.6 Å². The maximum absolute atomic E-state index is 10.9. The first kappa shape index (κ1) is 10.5. The second-order valence-electron chi connectivity index (χ2n) is 3.68. The molecule has 0 saturated carbocycles. The second-order valence-corrected chi connectivity index (χ2v) is 3.68. The third kappa shape index (κ3) is 1.62. The standard InChI is InChI=1S/C13H9N3O2/c17-9-13-11(6-7-18-13)12-8-14-15-16(12)10-4-2-1-3-5-10/h1-9H. The Balaban J connectivity index is 2.16. The van der Waals surface area contributed by atoms with Gasteiger partial charge in [-0.25, -0.2) is 4.68 Å². The summed E-state index contributed by atoms with van der Waals surface area (Å²) >= 11 is 0. The first-order chi connectivity index (χ1) is 8.90. The van der Waals surface area contributed by atoms with Crippen molar-refractivity contribution in [1.29, 1.82) is 0 Å². The molecule has 0 unspecified atom stereocenters. The van der Waals surface area contributed by atoms with Crippen LogP contribution in [-0.4, -0.2) is 21.3 Å². The van der Waals surface area contributed by atoms with Crippen LogP contribution in [0.5, 0.6) is 0 Å². The number of hydrogen-bond acceptors (Lipinski definition) is 4. The highest BCUT2D eigenvalue weighted by molar-refractivity contribution is 5.83. The molecule has 0 N–H and O–H groups in total. The Labute approximate surface area is 103 Å². The first-order valence-electron chi connectivity index (χ1n) is 5.39. The molecule has 0 aliphatic rings. The van der Waals surface area contributed by atoms with Crippen LogP contribution in [0.25, 0.3) is 16.9 Å². The summed E-state index contributed by atoms with van der Waals surface area (Å²) in [6.45, 7) is 0. The van der Waals surface area contributed by atoms with Crippen LogP contribution < -0.4 is 0 Å². The number of nitrogens with zero attached hydrogens (tertiary/aromatic N) is 3. The van der Waals surface area contributed by atoms with Crippen molar-refractivity contribution < 1.29 is 9.21 Å². The average molecular weight is 239 g/mol.